The van der Waals surface area contributed by atoms with Crippen LogP contribution in [0.5, 0.6) is 0 Å². The van der Waals surface area contributed by atoms with E-state index in [1.807, 2.05) is 6.92 Å². The first-order chi connectivity index (χ1) is 14.0. The SMILES string of the molecule is CCCC(=O)Nc1ccc(C(=O)COC(=O)c2ccc3c(c2)NC(=O)CS3)cc1. The van der Waals surface area contributed by atoms with Crippen LogP contribution in [0.3, 0.4) is 0 Å². The lowest BCUT2D eigenvalue weighted by Crippen LogP contribution is -2.19. The molecule has 150 valence electrons. The smallest absolute Gasteiger partial charge is 0.338 e. The van der Waals surface area contributed by atoms with Crippen LogP contribution in [0, 0.1) is 0 Å². The average Bonchev–Trinajstić information content (AvgIpc) is 2.71. The third-order valence-corrected chi connectivity index (χ3v) is 5.22. The van der Waals surface area contributed by atoms with Crippen molar-refractivity contribution in [3.8, 4) is 0 Å². The van der Waals surface area contributed by atoms with Crippen molar-refractivity contribution >= 4 is 46.7 Å². The topological polar surface area (TPSA) is 102 Å². The number of hydrogen-bond donors (Lipinski definition) is 2. The maximum Gasteiger partial charge on any atom is 0.338 e. The number of anilines is 2. The van der Waals surface area contributed by atoms with E-state index >= 15 is 0 Å². The Labute approximate surface area is 172 Å². The monoisotopic (exact) mass is 412 g/mol. The second kappa shape index (κ2) is 9.38. The number of rotatable bonds is 7. The minimum Gasteiger partial charge on any atom is -0.454 e. The summed E-state index contributed by atoms with van der Waals surface area (Å²) in [5.41, 5.74) is 1.80. The molecule has 1 aliphatic rings. The Morgan fingerprint density at radius 2 is 1.83 bits per heavy atom. The lowest BCUT2D eigenvalue weighted by molar-refractivity contribution is -0.116. The predicted molar refractivity (Wildman–Crippen MR) is 110 cm³/mol. The molecule has 0 bridgehead atoms. The molecule has 7 nitrogen and oxygen atoms in total. The molecule has 0 fully saturated rings. The minimum absolute atomic E-state index is 0.0832. The zero-order valence-corrected chi connectivity index (χ0v) is 16.6. The molecule has 8 heteroatoms. The average molecular weight is 412 g/mol. The van der Waals surface area contributed by atoms with Crippen molar-refractivity contribution in [1.82, 2.24) is 0 Å². The van der Waals surface area contributed by atoms with Crippen LogP contribution in [0.2, 0.25) is 0 Å². The van der Waals surface area contributed by atoms with Gasteiger partial charge in [-0.15, -0.1) is 11.8 Å². The molecule has 1 aliphatic heterocycles. The van der Waals surface area contributed by atoms with Gasteiger partial charge in [0, 0.05) is 22.6 Å². The van der Waals surface area contributed by atoms with E-state index in [9.17, 15) is 19.2 Å². The number of carbonyl (C=O) groups excluding carboxylic acids is 4. The lowest BCUT2D eigenvalue weighted by atomic mass is 10.1. The van der Waals surface area contributed by atoms with Crippen LogP contribution in [0.25, 0.3) is 0 Å². The molecule has 0 radical (unpaired) electrons. The van der Waals surface area contributed by atoms with E-state index in [0.717, 1.165) is 11.3 Å². The van der Waals surface area contributed by atoms with Crippen LogP contribution in [-0.2, 0) is 14.3 Å². The van der Waals surface area contributed by atoms with E-state index < -0.39 is 12.6 Å². The highest BCUT2D eigenvalue weighted by atomic mass is 32.2. The number of fused-ring (bicyclic) bond motifs is 1. The second-order valence-corrected chi connectivity index (χ2v) is 7.44. The molecule has 0 spiro atoms. The summed E-state index contributed by atoms with van der Waals surface area (Å²) in [7, 11) is 0. The number of hydrogen-bond acceptors (Lipinski definition) is 6. The molecular weight excluding hydrogens is 392 g/mol. The molecule has 2 aromatic carbocycles. The Morgan fingerprint density at radius 3 is 2.55 bits per heavy atom. The van der Waals surface area contributed by atoms with Gasteiger partial charge >= 0.3 is 5.97 Å². The van der Waals surface area contributed by atoms with Gasteiger partial charge in [0.2, 0.25) is 11.8 Å². The molecular formula is C21H20N2O5S. The standard InChI is InChI=1S/C21H20N2O5S/c1-2-3-19(25)22-15-7-4-13(5-8-15)17(24)11-28-21(27)14-6-9-18-16(10-14)23-20(26)12-29-18/h4-10H,2-3,11-12H2,1H3,(H,22,25)(H,23,26). The fraction of sp³-hybridized carbons (Fsp3) is 0.238. The molecule has 2 N–H and O–H groups in total. The molecule has 29 heavy (non-hydrogen) atoms. The van der Waals surface area contributed by atoms with Gasteiger partial charge in [-0.2, -0.15) is 0 Å². The van der Waals surface area contributed by atoms with E-state index in [0.29, 0.717) is 29.1 Å². The van der Waals surface area contributed by atoms with Crippen LogP contribution in [0.15, 0.2) is 47.4 Å². The number of carbonyl (C=O) groups is 4. The third-order valence-electron chi connectivity index (χ3n) is 4.15. The van der Waals surface area contributed by atoms with E-state index in [4.69, 9.17) is 4.74 Å². The lowest BCUT2D eigenvalue weighted by Gasteiger charge is -2.16. The summed E-state index contributed by atoms with van der Waals surface area (Å²) in [4.78, 5) is 48.5. The summed E-state index contributed by atoms with van der Waals surface area (Å²) >= 11 is 1.40. The van der Waals surface area contributed by atoms with Gasteiger partial charge in [0.1, 0.15) is 0 Å². The normalized spacial score (nSPS) is 12.5. The molecule has 0 aromatic heterocycles. The minimum atomic E-state index is -0.644. The highest BCUT2D eigenvalue weighted by Gasteiger charge is 2.18. The molecule has 2 aromatic rings. The molecule has 2 amide bonds. The van der Waals surface area contributed by atoms with E-state index in [-0.39, 0.29) is 23.2 Å². The Balaban J connectivity index is 1.56. The van der Waals surface area contributed by atoms with E-state index in [1.165, 1.54) is 11.8 Å². The molecule has 0 aliphatic carbocycles. The first-order valence-electron chi connectivity index (χ1n) is 9.13. The summed E-state index contributed by atoms with van der Waals surface area (Å²) < 4.78 is 5.11. The van der Waals surface area contributed by atoms with Crippen molar-refractivity contribution in [3.05, 3.63) is 53.6 Å². The quantitative estimate of drug-likeness (QED) is 0.533. The van der Waals surface area contributed by atoms with Crippen molar-refractivity contribution in [2.24, 2.45) is 0 Å². The van der Waals surface area contributed by atoms with E-state index in [1.54, 1.807) is 42.5 Å². The zero-order chi connectivity index (χ0) is 20.8. The highest BCUT2D eigenvalue weighted by molar-refractivity contribution is 8.00. The van der Waals surface area contributed by atoms with Crippen molar-refractivity contribution in [2.45, 2.75) is 24.7 Å². The van der Waals surface area contributed by atoms with Gasteiger partial charge in [-0.05, 0) is 48.9 Å². The largest absolute Gasteiger partial charge is 0.454 e. The second-order valence-electron chi connectivity index (χ2n) is 6.42. The summed E-state index contributed by atoms with van der Waals surface area (Å²) in [6, 6.07) is 11.3. The number of ether oxygens (including phenoxy) is 1. The Morgan fingerprint density at radius 1 is 1.10 bits per heavy atom. The van der Waals surface area contributed by atoms with Gasteiger partial charge in [-0.25, -0.2) is 4.79 Å². The molecule has 3 rings (SSSR count). The number of thioether (sulfide) groups is 1. The zero-order valence-electron chi connectivity index (χ0n) is 15.8. The van der Waals surface area contributed by atoms with Crippen molar-refractivity contribution < 1.29 is 23.9 Å². The number of Topliss-reactive ketones (excluding diaryl/α,β-unsaturated/α-hetero) is 1. The molecule has 0 saturated carbocycles. The van der Waals surface area contributed by atoms with Crippen LogP contribution in [-0.4, -0.2) is 35.9 Å². The first kappa shape index (κ1) is 20.6. The summed E-state index contributed by atoms with van der Waals surface area (Å²) in [6.45, 7) is 1.51. The van der Waals surface area contributed by atoms with Gasteiger partial charge in [0.15, 0.2) is 12.4 Å². The van der Waals surface area contributed by atoms with Crippen molar-refractivity contribution in [1.29, 1.82) is 0 Å². The molecule has 0 atom stereocenters. The van der Waals surface area contributed by atoms with Crippen LogP contribution >= 0.6 is 11.8 Å². The fourth-order valence-electron chi connectivity index (χ4n) is 2.70. The molecule has 0 saturated heterocycles. The Kier molecular flexibility index (Phi) is 6.66. The van der Waals surface area contributed by atoms with Crippen molar-refractivity contribution in [2.75, 3.05) is 23.0 Å². The van der Waals surface area contributed by atoms with Gasteiger partial charge in [-0.3, -0.25) is 14.4 Å². The van der Waals surface area contributed by atoms with E-state index in [2.05, 4.69) is 10.6 Å². The van der Waals surface area contributed by atoms with Crippen molar-refractivity contribution in [3.63, 3.8) is 0 Å². The number of ketones is 1. The Hall–Kier alpha value is -3.13. The maximum atomic E-state index is 12.3. The maximum absolute atomic E-state index is 12.3. The first-order valence-corrected chi connectivity index (χ1v) is 10.1. The fourth-order valence-corrected chi connectivity index (χ4v) is 3.49. The summed E-state index contributed by atoms with van der Waals surface area (Å²) in [5, 5.41) is 5.45. The van der Waals surface area contributed by atoms with Crippen LogP contribution in [0.4, 0.5) is 11.4 Å². The van der Waals surface area contributed by atoms with Gasteiger partial charge in [0.05, 0.1) is 17.0 Å². The summed E-state index contributed by atoms with van der Waals surface area (Å²) in [6.07, 6.45) is 1.19. The number of amides is 2. The van der Waals surface area contributed by atoms with Gasteiger partial charge in [0.25, 0.3) is 0 Å². The van der Waals surface area contributed by atoms with Gasteiger partial charge in [-0.1, -0.05) is 6.92 Å². The highest BCUT2D eigenvalue weighted by Crippen LogP contribution is 2.32. The number of nitrogens with one attached hydrogen (secondary N) is 2. The molecule has 1 heterocycles. The third kappa shape index (κ3) is 5.45. The van der Waals surface area contributed by atoms with Crippen LogP contribution in [0.1, 0.15) is 40.5 Å². The Bertz CT molecular complexity index is 956. The summed E-state index contributed by atoms with van der Waals surface area (Å²) in [5.74, 6) is -0.870. The number of esters is 1. The number of benzene rings is 2. The van der Waals surface area contributed by atoms with Gasteiger partial charge < -0.3 is 15.4 Å². The predicted octanol–water partition coefficient (Wildman–Crippen LogP) is 3.51. The molecule has 0 unspecified atom stereocenters. The van der Waals surface area contributed by atoms with Crippen LogP contribution < -0.4 is 10.6 Å².